The molecule has 2 N–H and O–H groups in total. The number of amides is 1. The number of aryl methyl sites for hydroxylation is 1. The molecule has 0 saturated carbocycles. The van der Waals surface area contributed by atoms with Crippen molar-refractivity contribution < 1.29 is 9.59 Å². The summed E-state index contributed by atoms with van der Waals surface area (Å²) in [6.07, 6.45) is 6.48. The Kier molecular flexibility index (Phi) is 7.58. The number of allylic oxidation sites excluding steroid dienone is 1. The van der Waals surface area contributed by atoms with E-state index in [1.807, 2.05) is 61.2 Å². The zero-order valence-electron chi connectivity index (χ0n) is 18.0. The van der Waals surface area contributed by atoms with Gasteiger partial charge in [-0.2, -0.15) is 0 Å². The van der Waals surface area contributed by atoms with Gasteiger partial charge in [-0.1, -0.05) is 68.5 Å². The van der Waals surface area contributed by atoms with E-state index in [-0.39, 0.29) is 23.5 Å². The Morgan fingerprint density at radius 3 is 2.50 bits per heavy atom. The highest BCUT2D eigenvalue weighted by Crippen LogP contribution is 2.28. The molecule has 1 aliphatic heterocycles. The number of carbonyl (C=O) groups excluding carboxylic acids is 2. The Morgan fingerprint density at radius 1 is 1.07 bits per heavy atom. The zero-order chi connectivity index (χ0) is 21.5. The van der Waals surface area contributed by atoms with Crippen LogP contribution in [0.5, 0.6) is 0 Å². The molecule has 0 unspecified atom stereocenters. The first kappa shape index (κ1) is 22.0. The number of nitrogens with two attached hydrogens (primary N) is 1. The van der Waals surface area contributed by atoms with Crippen LogP contribution in [0, 0.1) is 11.8 Å². The predicted octanol–water partition coefficient (Wildman–Crippen LogP) is 4.32. The minimum absolute atomic E-state index is 0.00990. The van der Waals surface area contributed by atoms with Crippen molar-refractivity contribution in [2.75, 3.05) is 11.4 Å². The van der Waals surface area contributed by atoms with Gasteiger partial charge >= 0.3 is 0 Å². The van der Waals surface area contributed by atoms with Crippen molar-refractivity contribution in [3.05, 3.63) is 77.9 Å². The molecular formula is C26H32N2O2. The number of ketones is 1. The highest BCUT2D eigenvalue weighted by Gasteiger charge is 2.24. The lowest BCUT2D eigenvalue weighted by atomic mass is 9.89. The number of Topliss-reactive ketones (excluding diaryl/α,β-unsaturated/α-hetero) is 1. The Labute approximate surface area is 179 Å². The fourth-order valence-electron chi connectivity index (χ4n) is 3.90. The van der Waals surface area contributed by atoms with Gasteiger partial charge in [0.05, 0.1) is 6.04 Å². The van der Waals surface area contributed by atoms with Crippen molar-refractivity contribution in [3.63, 3.8) is 0 Å². The lowest BCUT2D eigenvalue weighted by Gasteiger charge is -2.19. The van der Waals surface area contributed by atoms with Crippen LogP contribution in [0.2, 0.25) is 0 Å². The van der Waals surface area contributed by atoms with Gasteiger partial charge in [0.1, 0.15) is 5.78 Å². The summed E-state index contributed by atoms with van der Waals surface area (Å²) in [7, 11) is 0. The third-order valence-corrected chi connectivity index (χ3v) is 5.86. The van der Waals surface area contributed by atoms with Crippen molar-refractivity contribution in [1.82, 2.24) is 0 Å². The molecule has 0 radical (unpaired) electrons. The smallest absolute Gasteiger partial charge is 0.250 e. The number of benzene rings is 2. The molecule has 0 aliphatic carbocycles. The summed E-state index contributed by atoms with van der Waals surface area (Å²) in [4.78, 5) is 27.3. The van der Waals surface area contributed by atoms with Crippen molar-refractivity contribution >= 4 is 17.4 Å². The van der Waals surface area contributed by atoms with Crippen LogP contribution in [0.3, 0.4) is 0 Å². The van der Waals surface area contributed by atoms with Crippen LogP contribution in [0.25, 0.3) is 0 Å². The second kappa shape index (κ2) is 10.4. The van der Waals surface area contributed by atoms with Gasteiger partial charge in [0.15, 0.2) is 0 Å². The molecule has 1 aliphatic rings. The predicted molar refractivity (Wildman–Crippen MR) is 122 cm³/mol. The summed E-state index contributed by atoms with van der Waals surface area (Å²) in [6.45, 7) is 4.63. The molecule has 158 valence electrons. The molecule has 0 aromatic heterocycles. The van der Waals surface area contributed by atoms with Crippen molar-refractivity contribution in [2.24, 2.45) is 17.6 Å². The molecule has 4 heteroatoms. The van der Waals surface area contributed by atoms with Crippen molar-refractivity contribution in [2.45, 2.75) is 45.6 Å². The lowest BCUT2D eigenvalue weighted by Crippen LogP contribution is -2.36. The van der Waals surface area contributed by atoms with E-state index >= 15 is 0 Å². The summed E-state index contributed by atoms with van der Waals surface area (Å²) in [5.74, 6) is 0.139. The molecule has 4 nitrogen and oxygen atoms in total. The van der Waals surface area contributed by atoms with Crippen LogP contribution in [0.15, 0.2) is 66.7 Å². The van der Waals surface area contributed by atoms with Crippen LogP contribution in [-0.4, -0.2) is 24.3 Å². The van der Waals surface area contributed by atoms with E-state index in [0.717, 1.165) is 24.9 Å². The molecule has 2 aromatic carbocycles. The van der Waals surface area contributed by atoms with E-state index < -0.39 is 6.04 Å². The van der Waals surface area contributed by atoms with Gasteiger partial charge < -0.3 is 10.6 Å². The SMILES string of the molecule is CC(C)[C@H](N)C(=O)C[C@H](/C=C/C(=O)N1CCc2ccccc21)CCc1ccccc1. The topological polar surface area (TPSA) is 63.4 Å². The molecule has 2 aromatic rings. The van der Waals surface area contributed by atoms with Gasteiger partial charge in [-0.15, -0.1) is 0 Å². The number of hydrogen-bond acceptors (Lipinski definition) is 3. The Balaban J connectivity index is 1.69. The van der Waals surface area contributed by atoms with E-state index in [1.165, 1.54) is 11.1 Å². The second-order valence-electron chi connectivity index (χ2n) is 8.45. The van der Waals surface area contributed by atoms with Gasteiger partial charge in [-0.05, 0) is 54.4 Å². The first-order chi connectivity index (χ1) is 14.5. The van der Waals surface area contributed by atoms with Crippen LogP contribution in [0.1, 0.15) is 37.8 Å². The monoisotopic (exact) mass is 404 g/mol. The molecule has 0 saturated heterocycles. The molecule has 1 amide bonds. The third kappa shape index (κ3) is 5.67. The Hall–Kier alpha value is -2.72. The zero-order valence-corrected chi connectivity index (χ0v) is 18.0. The fraction of sp³-hybridized carbons (Fsp3) is 0.385. The summed E-state index contributed by atoms with van der Waals surface area (Å²) < 4.78 is 0. The van der Waals surface area contributed by atoms with Gasteiger partial charge in [-0.3, -0.25) is 9.59 Å². The van der Waals surface area contributed by atoms with Gasteiger partial charge in [0.2, 0.25) is 0 Å². The number of anilines is 1. The number of fused-ring (bicyclic) bond motifs is 1. The maximum absolute atomic E-state index is 12.8. The lowest BCUT2D eigenvalue weighted by molar-refractivity contribution is -0.122. The minimum atomic E-state index is -0.459. The van der Waals surface area contributed by atoms with Gasteiger partial charge in [0.25, 0.3) is 5.91 Å². The average molecular weight is 405 g/mol. The maximum Gasteiger partial charge on any atom is 0.250 e. The first-order valence-electron chi connectivity index (χ1n) is 10.9. The number of rotatable bonds is 9. The van der Waals surface area contributed by atoms with Crippen LogP contribution in [0.4, 0.5) is 5.69 Å². The van der Waals surface area contributed by atoms with E-state index in [9.17, 15) is 9.59 Å². The van der Waals surface area contributed by atoms with Gasteiger partial charge in [0, 0.05) is 18.7 Å². The van der Waals surface area contributed by atoms with E-state index in [2.05, 4.69) is 18.2 Å². The van der Waals surface area contributed by atoms with Crippen molar-refractivity contribution in [1.29, 1.82) is 0 Å². The number of para-hydroxylation sites is 1. The molecule has 0 spiro atoms. The fourth-order valence-corrected chi connectivity index (χ4v) is 3.90. The van der Waals surface area contributed by atoms with E-state index in [0.29, 0.717) is 13.0 Å². The number of hydrogen-bond donors (Lipinski definition) is 1. The molecule has 1 heterocycles. The molecule has 0 fully saturated rings. The minimum Gasteiger partial charge on any atom is -0.321 e. The highest BCUT2D eigenvalue weighted by atomic mass is 16.2. The van der Waals surface area contributed by atoms with E-state index in [1.54, 1.807) is 6.08 Å². The first-order valence-corrected chi connectivity index (χ1v) is 10.9. The molecule has 3 rings (SSSR count). The average Bonchev–Trinajstić information content (AvgIpc) is 3.19. The number of nitrogens with zero attached hydrogens (tertiary/aromatic N) is 1. The third-order valence-electron chi connectivity index (χ3n) is 5.86. The van der Waals surface area contributed by atoms with Crippen LogP contribution < -0.4 is 10.6 Å². The van der Waals surface area contributed by atoms with E-state index in [4.69, 9.17) is 5.73 Å². The summed E-state index contributed by atoms with van der Waals surface area (Å²) >= 11 is 0. The Bertz CT molecular complexity index is 889. The van der Waals surface area contributed by atoms with Crippen molar-refractivity contribution in [3.8, 4) is 0 Å². The number of carbonyl (C=O) groups is 2. The highest BCUT2D eigenvalue weighted by molar-refractivity contribution is 6.02. The van der Waals surface area contributed by atoms with Crippen LogP contribution >= 0.6 is 0 Å². The largest absolute Gasteiger partial charge is 0.321 e. The van der Waals surface area contributed by atoms with Gasteiger partial charge in [-0.25, -0.2) is 0 Å². The molecule has 30 heavy (non-hydrogen) atoms. The maximum atomic E-state index is 12.8. The quantitative estimate of drug-likeness (QED) is 0.633. The molecule has 0 bridgehead atoms. The second-order valence-corrected chi connectivity index (χ2v) is 8.45. The summed E-state index contributed by atoms with van der Waals surface area (Å²) in [6, 6.07) is 17.8. The standard InChI is InChI=1S/C26H32N2O2/c1-19(2)26(27)24(29)18-21(13-12-20-8-4-3-5-9-20)14-15-25(30)28-17-16-22-10-6-7-11-23(22)28/h3-11,14-15,19,21,26H,12-13,16-18,27H2,1-2H3/b15-14+/t21-,26-/m0/s1. The molecular weight excluding hydrogens is 372 g/mol. The normalized spacial score (nSPS) is 15.4. The summed E-state index contributed by atoms with van der Waals surface area (Å²) in [5, 5.41) is 0. The molecule has 2 atom stereocenters. The van der Waals surface area contributed by atoms with Crippen LogP contribution in [-0.2, 0) is 22.4 Å². The summed E-state index contributed by atoms with van der Waals surface area (Å²) in [5.41, 5.74) is 9.51. The Morgan fingerprint density at radius 2 is 1.77 bits per heavy atom.